The van der Waals surface area contributed by atoms with Crippen molar-refractivity contribution in [2.24, 2.45) is 7.05 Å². The van der Waals surface area contributed by atoms with E-state index in [1.807, 2.05) is 0 Å². The lowest BCUT2D eigenvalue weighted by Crippen LogP contribution is -2.14. The minimum absolute atomic E-state index is 0.274. The second kappa shape index (κ2) is 7.41. The van der Waals surface area contributed by atoms with E-state index < -0.39 is 29.8 Å². The second-order valence-corrected chi connectivity index (χ2v) is 5.98. The maximum Gasteiger partial charge on any atom is 0.416 e. The van der Waals surface area contributed by atoms with Crippen molar-refractivity contribution in [3.8, 4) is 11.1 Å². The molecule has 0 saturated carbocycles. The molecule has 1 N–H and O–H groups in total. The van der Waals surface area contributed by atoms with Crippen LogP contribution in [0.15, 0.2) is 54.7 Å². The minimum atomic E-state index is -4.46. The SMILES string of the molecule is Cn1cc(C(=O)Nc2ccccc2-c2ccc(C(F)(F)F)cc2)c(C(F)F)n1. The lowest BCUT2D eigenvalue weighted by Gasteiger charge is -2.12. The quantitative estimate of drug-likeness (QED) is 0.610. The molecule has 0 aliphatic rings. The standard InChI is InChI=1S/C19H14F5N3O/c1-27-10-14(16(26-27)17(20)21)18(28)25-15-5-3-2-4-13(15)11-6-8-12(9-7-11)19(22,23)24/h2-10,17H,1H3,(H,25,28). The van der Waals surface area contributed by atoms with Gasteiger partial charge in [-0.15, -0.1) is 0 Å². The normalized spacial score (nSPS) is 11.7. The number of alkyl halides is 5. The van der Waals surface area contributed by atoms with Gasteiger partial charge in [0.05, 0.1) is 11.1 Å². The van der Waals surface area contributed by atoms with Crippen LogP contribution in [0.4, 0.5) is 27.6 Å². The Kier molecular flexibility index (Phi) is 5.17. The number of nitrogens with one attached hydrogen (secondary N) is 1. The van der Waals surface area contributed by atoms with Crippen molar-refractivity contribution in [2.45, 2.75) is 12.6 Å². The van der Waals surface area contributed by atoms with E-state index in [0.29, 0.717) is 11.1 Å². The number of rotatable bonds is 4. The number of hydrogen-bond acceptors (Lipinski definition) is 2. The highest BCUT2D eigenvalue weighted by Crippen LogP contribution is 2.33. The number of aromatic nitrogens is 2. The van der Waals surface area contributed by atoms with Gasteiger partial charge in [-0.3, -0.25) is 9.48 Å². The first-order valence-corrected chi connectivity index (χ1v) is 8.06. The third-order valence-electron chi connectivity index (χ3n) is 4.01. The van der Waals surface area contributed by atoms with Gasteiger partial charge in [-0.1, -0.05) is 30.3 Å². The number of aryl methyl sites for hydroxylation is 1. The number of halogens is 5. The number of anilines is 1. The highest BCUT2D eigenvalue weighted by atomic mass is 19.4. The van der Waals surface area contributed by atoms with Gasteiger partial charge < -0.3 is 5.32 Å². The van der Waals surface area contributed by atoms with Gasteiger partial charge in [0.25, 0.3) is 12.3 Å². The van der Waals surface area contributed by atoms with Crippen molar-refractivity contribution < 1.29 is 26.7 Å². The highest BCUT2D eigenvalue weighted by Gasteiger charge is 2.30. The first kappa shape index (κ1) is 19.5. The molecule has 0 aliphatic carbocycles. The maximum atomic E-state index is 13.1. The second-order valence-electron chi connectivity index (χ2n) is 5.98. The Bertz CT molecular complexity index is 994. The molecule has 9 heteroatoms. The summed E-state index contributed by atoms with van der Waals surface area (Å²) < 4.78 is 65.5. The molecule has 146 valence electrons. The van der Waals surface area contributed by atoms with Crippen molar-refractivity contribution >= 4 is 11.6 Å². The molecule has 0 spiro atoms. The van der Waals surface area contributed by atoms with Crippen molar-refractivity contribution in [3.63, 3.8) is 0 Å². The Hall–Kier alpha value is -3.23. The van der Waals surface area contributed by atoms with Crippen molar-refractivity contribution in [2.75, 3.05) is 5.32 Å². The fourth-order valence-electron chi connectivity index (χ4n) is 2.71. The Balaban J connectivity index is 1.92. The number of carbonyl (C=O) groups excluding carboxylic acids is 1. The van der Waals surface area contributed by atoms with Crippen LogP contribution in [0.3, 0.4) is 0 Å². The molecule has 0 fully saturated rings. The largest absolute Gasteiger partial charge is 0.416 e. The number of para-hydroxylation sites is 1. The Morgan fingerprint density at radius 2 is 1.71 bits per heavy atom. The van der Waals surface area contributed by atoms with Gasteiger partial charge in [-0.05, 0) is 23.8 Å². The van der Waals surface area contributed by atoms with Crippen LogP contribution in [0.2, 0.25) is 0 Å². The Labute approximate surface area is 156 Å². The van der Waals surface area contributed by atoms with Crippen LogP contribution in [-0.2, 0) is 13.2 Å². The highest BCUT2D eigenvalue weighted by molar-refractivity contribution is 6.06. The molecular weight excluding hydrogens is 381 g/mol. The van der Waals surface area contributed by atoms with Crippen LogP contribution in [0.5, 0.6) is 0 Å². The van der Waals surface area contributed by atoms with Crippen LogP contribution in [0, 0.1) is 0 Å². The summed E-state index contributed by atoms with van der Waals surface area (Å²) in [6, 6.07) is 10.8. The van der Waals surface area contributed by atoms with Gasteiger partial charge in [0.15, 0.2) is 0 Å². The zero-order valence-electron chi connectivity index (χ0n) is 14.5. The van der Waals surface area contributed by atoms with E-state index in [0.717, 1.165) is 16.8 Å². The lowest BCUT2D eigenvalue weighted by atomic mass is 10.0. The molecule has 2 aromatic carbocycles. The number of amides is 1. The van der Waals surface area contributed by atoms with Gasteiger partial charge in [-0.2, -0.15) is 18.3 Å². The first-order valence-electron chi connectivity index (χ1n) is 8.06. The summed E-state index contributed by atoms with van der Waals surface area (Å²) in [5, 5.41) is 6.12. The predicted octanol–water partition coefficient (Wildman–Crippen LogP) is 5.30. The van der Waals surface area contributed by atoms with Gasteiger partial charge in [0.2, 0.25) is 0 Å². The van der Waals surface area contributed by atoms with Crippen molar-refractivity contribution in [3.05, 3.63) is 71.5 Å². The summed E-state index contributed by atoms with van der Waals surface area (Å²) in [6.07, 6.45) is -6.21. The van der Waals surface area contributed by atoms with E-state index in [9.17, 15) is 26.7 Å². The molecule has 4 nitrogen and oxygen atoms in total. The topological polar surface area (TPSA) is 46.9 Å². The first-order chi connectivity index (χ1) is 13.2. The fourth-order valence-corrected chi connectivity index (χ4v) is 2.71. The third kappa shape index (κ3) is 4.03. The molecule has 3 aromatic rings. The molecule has 0 atom stereocenters. The molecule has 0 aliphatic heterocycles. The molecule has 0 unspecified atom stereocenters. The van der Waals surface area contributed by atoms with Crippen LogP contribution in [0.1, 0.15) is 28.0 Å². The summed E-state index contributed by atoms with van der Waals surface area (Å²) >= 11 is 0. The summed E-state index contributed by atoms with van der Waals surface area (Å²) in [5.74, 6) is -0.789. The molecule has 1 heterocycles. The molecule has 0 saturated heterocycles. The van der Waals surface area contributed by atoms with Gasteiger partial charge >= 0.3 is 6.18 Å². The van der Waals surface area contributed by atoms with Gasteiger partial charge in [0.1, 0.15) is 5.69 Å². The van der Waals surface area contributed by atoms with Crippen LogP contribution >= 0.6 is 0 Å². The summed E-state index contributed by atoms with van der Waals surface area (Å²) in [5.41, 5.74) is -0.561. The van der Waals surface area contributed by atoms with Crippen molar-refractivity contribution in [1.29, 1.82) is 0 Å². The number of benzene rings is 2. The molecular formula is C19H14F5N3O. The Morgan fingerprint density at radius 3 is 2.32 bits per heavy atom. The van der Waals surface area contributed by atoms with Gasteiger partial charge in [-0.25, -0.2) is 8.78 Å². The van der Waals surface area contributed by atoms with Gasteiger partial charge in [0, 0.05) is 24.5 Å². The number of nitrogens with zero attached hydrogens (tertiary/aromatic N) is 2. The molecule has 1 amide bonds. The van der Waals surface area contributed by atoms with Crippen LogP contribution < -0.4 is 5.32 Å². The average molecular weight is 395 g/mol. The average Bonchev–Trinajstić information content (AvgIpc) is 3.04. The third-order valence-corrected chi connectivity index (χ3v) is 4.01. The zero-order valence-corrected chi connectivity index (χ0v) is 14.5. The monoisotopic (exact) mass is 395 g/mol. The molecule has 3 rings (SSSR count). The molecule has 0 radical (unpaired) electrons. The van der Waals surface area contributed by atoms with Crippen molar-refractivity contribution in [1.82, 2.24) is 9.78 Å². The van der Waals surface area contributed by atoms with Crippen LogP contribution in [0.25, 0.3) is 11.1 Å². The minimum Gasteiger partial charge on any atom is -0.321 e. The number of hydrogen-bond donors (Lipinski definition) is 1. The van der Waals surface area contributed by atoms with Crippen LogP contribution in [-0.4, -0.2) is 15.7 Å². The predicted molar refractivity (Wildman–Crippen MR) is 93.0 cm³/mol. The fraction of sp³-hybridized carbons (Fsp3) is 0.158. The summed E-state index contributed by atoms with van der Waals surface area (Å²) in [6.45, 7) is 0. The summed E-state index contributed by atoms with van der Waals surface area (Å²) in [4.78, 5) is 12.5. The van der Waals surface area contributed by atoms with E-state index in [1.165, 1.54) is 31.4 Å². The molecule has 0 bridgehead atoms. The Morgan fingerprint density at radius 1 is 1.07 bits per heavy atom. The zero-order chi connectivity index (χ0) is 20.5. The van der Waals surface area contributed by atoms with E-state index in [1.54, 1.807) is 18.2 Å². The van der Waals surface area contributed by atoms with E-state index in [-0.39, 0.29) is 11.3 Å². The number of carbonyl (C=O) groups is 1. The van der Waals surface area contributed by atoms with E-state index >= 15 is 0 Å². The molecule has 28 heavy (non-hydrogen) atoms. The molecule has 1 aromatic heterocycles. The maximum absolute atomic E-state index is 13.1. The smallest absolute Gasteiger partial charge is 0.321 e. The lowest BCUT2D eigenvalue weighted by molar-refractivity contribution is -0.137. The van der Waals surface area contributed by atoms with E-state index in [4.69, 9.17) is 0 Å². The van der Waals surface area contributed by atoms with E-state index in [2.05, 4.69) is 10.4 Å². The summed E-state index contributed by atoms with van der Waals surface area (Å²) in [7, 11) is 1.42.